The van der Waals surface area contributed by atoms with E-state index in [-0.39, 0.29) is 12.2 Å². The maximum absolute atomic E-state index is 13.7. The van der Waals surface area contributed by atoms with Crippen LogP contribution in [0, 0.1) is 5.82 Å². The summed E-state index contributed by atoms with van der Waals surface area (Å²) in [5.74, 6) is -1.13. The number of amides is 1. The minimum absolute atomic E-state index is 0.0455. The van der Waals surface area contributed by atoms with Gasteiger partial charge >= 0.3 is 0 Å². The first kappa shape index (κ1) is 15.7. The molecular weight excluding hydrogens is 337 g/mol. The minimum Gasteiger partial charge on any atom is -0.394 e. The molecule has 21 heavy (non-hydrogen) atoms. The van der Waals surface area contributed by atoms with Crippen molar-refractivity contribution in [2.75, 3.05) is 6.61 Å². The summed E-state index contributed by atoms with van der Waals surface area (Å²) >= 11 is 3.21. The molecular formula is C16H15BrFNO2. The van der Waals surface area contributed by atoms with Gasteiger partial charge in [-0.25, -0.2) is 4.39 Å². The summed E-state index contributed by atoms with van der Waals surface area (Å²) < 4.78 is 14.3. The lowest BCUT2D eigenvalue weighted by Gasteiger charge is -2.16. The van der Waals surface area contributed by atoms with Gasteiger partial charge in [-0.1, -0.05) is 46.3 Å². The molecule has 0 aliphatic heterocycles. The summed E-state index contributed by atoms with van der Waals surface area (Å²) in [7, 11) is 0. The van der Waals surface area contributed by atoms with Crippen LogP contribution in [0.2, 0.25) is 0 Å². The van der Waals surface area contributed by atoms with Crippen LogP contribution in [0.25, 0.3) is 0 Å². The Hall–Kier alpha value is -1.72. The van der Waals surface area contributed by atoms with Crippen molar-refractivity contribution in [1.82, 2.24) is 5.32 Å². The van der Waals surface area contributed by atoms with Crippen LogP contribution in [-0.2, 0) is 6.42 Å². The summed E-state index contributed by atoms with van der Waals surface area (Å²) in [6, 6.07) is 13.2. The molecule has 0 radical (unpaired) electrons. The maximum atomic E-state index is 13.7. The standard InChI is InChI=1S/C16H15BrFNO2/c17-12-6-7-15(18)14(9-12)16(21)19-13(10-20)8-11-4-2-1-3-5-11/h1-7,9,13,20H,8,10H2,(H,19,21)/t13-/m0/s1. The molecule has 0 heterocycles. The van der Waals surface area contributed by atoms with Crippen LogP contribution < -0.4 is 5.32 Å². The Morgan fingerprint density at radius 2 is 1.95 bits per heavy atom. The summed E-state index contributed by atoms with van der Waals surface area (Å²) in [6.45, 7) is -0.212. The summed E-state index contributed by atoms with van der Waals surface area (Å²) in [5.41, 5.74) is 0.947. The van der Waals surface area contributed by atoms with Crippen molar-refractivity contribution < 1.29 is 14.3 Å². The molecule has 0 aliphatic carbocycles. The predicted molar refractivity (Wildman–Crippen MR) is 82.6 cm³/mol. The number of hydrogen-bond donors (Lipinski definition) is 2. The molecule has 110 valence electrons. The third-order valence-corrected chi connectivity index (χ3v) is 3.55. The number of hydrogen-bond acceptors (Lipinski definition) is 2. The topological polar surface area (TPSA) is 49.3 Å². The molecule has 3 nitrogen and oxygen atoms in total. The molecule has 0 aromatic heterocycles. The summed E-state index contributed by atoms with van der Waals surface area (Å²) in [6.07, 6.45) is 0.485. The van der Waals surface area contributed by atoms with Crippen LogP contribution in [0.5, 0.6) is 0 Å². The third-order valence-electron chi connectivity index (χ3n) is 3.05. The Morgan fingerprint density at radius 1 is 1.24 bits per heavy atom. The molecule has 1 atom stereocenters. The summed E-state index contributed by atoms with van der Waals surface area (Å²) in [4.78, 5) is 12.1. The number of aliphatic hydroxyl groups is 1. The predicted octanol–water partition coefficient (Wildman–Crippen LogP) is 2.92. The number of carbonyl (C=O) groups is 1. The van der Waals surface area contributed by atoms with Crippen LogP contribution in [0.15, 0.2) is 53.0 Å². The zero-order valence-corrected chi connectivity index (χ0v) is 12.8. The lowest BCUT2D eigenvalue weighted by molar-refractivity contribution is 0.0912. The Labute approximate surface area is 130 Å². The largest absolute Gasteiger partial charge is 0.394 e. The quantitative estimate of drug-likeness (QED) is 0.869. The maximum Gasteiger partial charge on any atom is 0.254 e. The Kier molecular flexibility index (Phi) is 5.47. The molecule has 0 aliphatic rings. The Balaban J connectivity index is 2.07. The van der Waals surface area contributed by atoms with Gasteiger partial charge in [0.25, 0.3) is 5.91 Å². The fourth-order valence-electron chi connectivity index (χ4n) is 1.99. The lowest BCUT2D eigenvalue weighted by atomic mass is 10.1. The van der Waals surface area contributed by atoms with E-state index in [0.29, 0.717) is 10.9 Å². The number of nitrogens with one attached hydrogen (secondary N) is 1. The smallest absolute Gasteiger partial charge is 0.254 e. The van der Waals surface area contributed by atoms with Gasteiger partial charge in [0.2, 0.25) is 0 Å². The van der Waals surface area contributed by atoms with Gasteiger partial charge in [0.05, 0.1) is 18.2 Å². The molecule has 0 fully saturated rings. The highest BCUT2D eigenvalue weighted by Crippen LogP contribution is 2.15. The molecule has 0 saturated heterocycles. The first-order chi connectivity index (χ1) is 10.1. The van der Waals surface area contributed by atoms with E-state index >= 15 is 0 Å². The molecule has 2 aromatic rings. The highest BCUT2D eigenvalue weighted by atomic mass is 79.9. The number of aliphatic hydroxyl groups excluding tert-OH is 1. The van der Waals surface area contributed by atoms with E-state index in [4.69, 9.17) is 0 Å². The van der Waals surface area contributed by atoms with Gasteiger partial charge in [0, 0.05) is 4.47 Å². The second-order valence-corrected chi connectivity index (χ2v) is 5.58. The zero-order chi connectivity index (χ0) is 15.2. The van der Waals surface area contributed by atoms with Gasteiger partial charge in [-0.15, -0.1) is 0 Å². The van der Waals surface area contributed by atoms with Gasteiger partial charge in [0.1, 0.15) is 5.82 Å². The van der Waals surface area contributed by atoms with E-state index in [2.05, 4.69) is 21.2 Å². The van der Waals surface area contributed by atoms with Crippen LogP contribution in [-0.4, -0.2) is 23.7 Å². The van der Waals surface area contributed by atoms with Crippen molar-refractivity contribution in [2.45, 2.75) is 12.5 Å². The average Bonchev–Trinajstić information content (AvgIpc) is 2.50. The first-order valence-corrected chi connectivity index (χ1v) is 7.30. The van der Waals surface area contributed by atoms with Crippen LogP contribution in [0.3, 0.4) is 0 Å². The second kappa shape index (κ2) is 7.33. The molecule has 2 rings (SSSR count). The fourth-order valence-corrected chi connectivity index (χ4v) is 2.36. The highest BCUT2D eigenvalue weighted by molar-refractivity contribution is 9.10. The third kappa shape index (κ3) is 4.37. The molecule has 2 aromatic carbocycles. The minimum atomic E-state index is -0.591. The van der Waals surface area contributed by atoms with E-state index in [1.54, 1.807) is 0 Å². The molecule has 1 amide bonds. The molecule has 2 N–H and O–H groups in total. The van der Waals surface area contributed by atoms with Crippen molar-refractivity contribution in [3.8, 4) is 0 Å². The molecule has 0 bridgehead atoms. The van der Waals surface area contributed by atoms with Crippen LogP contribution in [0.4, 0.5) is 4.39 Å². The average molecular weight is 352 g/mol. The lowest BCUT2D eigenvalue weighted by Crippen LogP contribution is -2.39. The highest BCUT2D eigenvalue weighted by Gasteiger charge is 2.17. The van der Waals surface area contributed by atoms with Crippen LogP contribution >= 0.6 is 15.9 Å². The van der Waals surface area contributed by atoms with E-state index < -0.39 is 17.8 Å². The second-order valence-electron chi connectivity index (χ2n) is 4.67. The van der Waals surface area contributed by atoms with Crippen molar-refractivity contribution >= 4 is 21.8 Å². The van der Waals surface area contributed by atoms with Gasteiger partial charge in [-0.05, 0) is 30.2 Å². The van der Waals surface area contributed by atoms with Crippen molar-refractivity contribution in [1.29, 1.82) is 0 Å². The van der Waals surface area contributed by atoms with E-state index in [1.807, 2.05) is 30.3 Å². The van der Waals surface area contributed by atoms with Gasteiger partial charge < -0.3 is 10.4 Å². The summed E-state index contributed by atoms with van der Waals surface area (Å²) in [5, 5.41) is 12.0. The SMILES string of the molecule is O=C(N[C@H](CO)Cc1ccccc1)c1cc(Br)ccc1F. The van der Waals surface area contributed by atoms with E-state index in [0.717, 1.165) is 5.56 Å². The normalized spacial score (nSPS) is 12.0. The van der Waals surface area contributed by atoms with Gasteiger partial charge in [-0.2, -0.15) is 0 Å². The first-order valence-electron chi connectivity index (χ1n) is 6.51. The van der Waals surface area contributed by atoms with Crippen molar-refractivity contribution in [2.24, 2.45) is 0 Å². The Morgan fingerprint density at radius 3 is 2.62 bits per heavy atom. The van der Waals surface area contributed by atoms with Crippen molar-refractivity contribution in [3.05, 3.63) is 69.9 Å². The fraction of sp³-hybridized carbons (Fsp3) is 0.188. The van der Waals surface area contributed by atoms with Gasteiger partial charge in [-0.3, -0.25) is 4.79 Å². The Bertz CT molecular complexity index is 619. The van der Waals surface area contributed by atoms with E-state index in [9.17, 15) is 14.3 Å². The molecule has 0 spiro atoms. The molecule has 5 heteroatoms. The zero-order valence-electron chi connectivity index (χ0n) is 11.2. The molecule has 0 saturated carbocycles. The number of halogens is 2. The number of benzene rings is 2. The van der Waals surface area contributed by atoms with E-state index in [1.165, 1.54) is 18.2 Å². The van der Waals surface area contributed by atoms with Crippen LogP contribution in [0.1, 0.15) is 15.9 Å². The van der Waals surface area contributed by atoms with Gasteiger partial charge in [0.15, 0.2) is 0 Å². The van der Waals surface area contributed by atoms with Crippen molar-refractivity contribution in [3.63, 3.8) is 0 Å². The molecule has 0 unspecified atom stereocenters. The number of carbonyl (C=O) groups excluding carboxylic acids is 1. The monoisotopic (exact) mass is 351 g/mol. The number of rotatable bonds is 5.